The van der Waals surface area contributed by atoms with Crippen LogP contribution in [0.15, 0.2) is 24.3 Å². The molecule has 1 fully saturated rings. The first kappa shape index (κ1) is 16.9. The van der Waals surface area contributed by atoms with Gasteiger partial charge in [-0.3, -0.25) is 5.73 Å². The van der Waals surface area contributed by atoms with E-state index < -0.39 is 28.6 Å². The molecule has 3 rings (SSSR count). The van der Waals surface area contributed by atoms with Crippen LogP contribution in [0.25, 0.3) is 0 Å². The van der Waals surface area contributed by atoms with E-state index in [1.807, 2.05) is 0 Å². The fraction of sp³-hybridized carbons (Fsp3) is 0.412. The molecule has 1 heterocycles. The van der Waals surface area contributed by atoms with Crippen molar-refractivity contribution in [3.05, 3.63) is 35.4 Å². The summed E-state index contributed by atoms with van der Waals surface area (Å²) in [5.41, 5.74) is 4.48. The number of hydrogen-bond donors (Lipinski definition) is 2. The van der Waals surface area contributed by atoms with E-state index in [0.29, 0.717) is 11.1 Å². The molecule has 1 aliphatic heterocycles. The third-order valence-corrected chi connectivity index (χ3v) is 5.24. The molecular formula is C17H17N4O4+. The maximum absolute atomic E-state index is 11.6. The maximum atomic E-state index is 11.6. The Balaban J connectivity index is 2.13. The Kier molecular flexibility index (Phi) is 3.57. The van der Waals surface area contributed by atoms with Crippen LogP contribution in [-0.2, 0) is 14.2 Å². The number of carbonyl (C=O) groups is 1. The van der Waals surface area contributed by atoms with E-state index in [1.54, 1.807) is 24.3 Å². The van der Waals surface area contributed by atoms with Crippen molar-refractivity contribution < 1.29 is 24.0 Å². The zero-order valence-corrected chi connectivity index (χ0v) is 14.0. The van der Waals surface area contributed by atoms with E-state index in [2.05, 4.69) is 21.9 Å². The molecule has 25 heavy (non-hydrogen) atoms. The number of benzene rings is 1. The Hall–Kier alpha value is -2.94. The molecule has 0 unspecified atom stereocenters. The van der Waals surface area contributed by atoms with Crippen LogP contribution in [0.2, 0.25) is 0 Å². The van der Waals surface area contributed by atoms with Gasteiger partial charge in [0.1, 0.15) is 0 Å². The van der Waals surface area contributed by atoms with Gasteiger partial charge >= 0.3 is 11.9 Å². The van der Waals surface area contributed by atoms with E-state index in [0.717, 1.165) is 0 Å². The van der Waals surface area contributed by atoms with Crippen LogP contribution in [0.4, 0.5) is 0 Å². The molecule has 1 aromatic carbocycles. The fourth-order valence-corrected chi connectivity index (χ4v) is 4.04. The molecule has 0 amide bonds. The predicted molar refractivity (Wildman–Crippen MR) is 83.5 cm³/mol. The first-order valence-electron chi connectivity index (χ1n) is 7.46. The minimum absolute atomic E-state index is 0.127. The summed E-state index contributed by atoms with van der Waals surface area (Å²) in [6.45, 7) is 0. The van der Waals surface area contributed by atoms with Crippen molar-refractivity contribution in [2.45, 2.75) is 11.8 Å². The first-order chi connectivity index (χ1) is 11.9. The van der Waals surface area contributed by atoms with Crippen molar-refractivity contribution in [3.63, 3.8) is 0 Å². The SMILES string of the molecule is COC(=O)c1ccc([C@H]2[C@]3(C#N)C(N)=[NH+]C(OC)(OC)[C@]23C#N)cc1. The number of amidine groups is 1. The normalized spacial score (nSPS) is 31.2. The smallest absolute Gasteiger partial charge is 0.342 e. The van der Waals surface area contributed by atoms with Gasteiger partial charge < -0.3 is 14.2 Å². The molecule has 128 valence electrons. The van der Waals surface area contributed by atoms with Crippen LogP contribution >= 0.6 is 0 Å². The quantitative estimate of drug-likeness (QED) is 0.529. The molecule has 3 atom stereocenters. The number of nitrogens with one attached hydrogen (secondary N) is 1. The summed E-state index contributed by atoms with van der Waals surface area (Å²) >= 11 is 0. The lowest BCUT2D eigenvalue weighted by molar-refractivity contribution is -0.687. The topological polar surface area (TPSA) is 132 Å². The van der Waals surface area contributed by atoms with E-state index in [4.69, 9.17) is 15.2 Å². The summed E-state index contributed by atoms with van der Waals surface area (Å²) < 4.78 is 15.6. The molecule has 1 saturated carbocycles. The molecule has 2 aliphatic rings. The summed E-state index contributed by atoms with van der Waals surface area (Å²) in [6, 6.07) is 10.9. The van der Waals surface area contributed by atoms with Crippen LogP contribution in [0, 0.1) is 33.5 Å². The predicted octanol–water partition coefficient (Wildman–Crippen LogP) is -1.01. The minimum atomic E-state index is -1.53. The van der Waals surface area contributed by atoms with Gasteiger partial charge in [0, 0.05) is 20.1 Å². The van der Waals surface area contributed by atoms with Gasteiger partial charge in [-0.1, -0.05) is 12.1 Å². The molecule has 0 radical (unpaired) electrons. The molecule has 0 spiro atoms. The standard InChI is InChI=1S/C17H16N4O4/c1-23-13(22)11-6-4-10(5-7-11)12-15(8-18)14(20)21-17(24-2,25-3)16(12,15)9-19/h4-7,12H,1-3H3,(H2,20,21)/p+1/t12-,15+,16+/m0/s1. The molecule has 0 bridgehead atoms. The molecule has 0 aromatic heterocycles. The van der Waals surface area contributed by atoms with Crippen molar-refractivity contribution in [2.24, 2.45) is 16.6 Å². The van der Waals surface area contributed by atoms with Crippen molar-refractivity contribution in [1.82, 2.24) is 0 Å². The van der Waals surface area contributed by atoms with Gasteiger partial charge in [0.05, 0.1) is 24.8 Å². The van der Waals surface area contributed by atoms with Crippen molar-refractivity contribution in [3.8, 4) is 12.1 Å². The second-order valence-corrected chi connectivity index (χ2v) is 5.95. The van der Waals surface area contributed by atoms with Gasteiger partial charge in [0.25, 0.3) is 5.84 Å². The van der Waals surface area contributed by atoms with Gasteiger partial charge in [-0.15, -0.1) is 0 Å². The number of carbonyl (C=O) groups excluding carboxylic acids is 1. The monoisotopic (exact) mass is 341 g/mol. The van der Waals surface area contributed by atoms with Gasteiger partial charge in [-0.05, 0) is 17.7 Å². The van der Waals surface area contributed by atoms with E-state index in [9.17, 15) is 15.3 Å². The van der Waals surface area contributed by atoms with E-state index >= 15 is 0 Å². The average molecular weight is 341 g/mol. The number of methoxy groups -OCH3 is 3. The highest BCUT2D eigenvalue weighted by Crippen LogP contribution is 2.78. The van der Waals surface area contributed by atoms with Crippen molar-refractivity contribution in [2.75, 3.05) is 21.3 Å². The number of nitrogens with zero attached hydrogens (tertiary/aromatic N) is 2. The van der Waals surface area contributed by atoms with Gasteiger partial charge in [0.15, 0.2) is 10.8 Å². The average Bonchev–Trinajstić information content (AvgIpc) is 3.23. The third-order valence-electron chi connectivity index (χ3n) is 5.24. The number of fused-ring (bicyclic) bond motifs is 1. The number of nitriles is 2. The third kappa shape index (κ3) is 1.65. The molecular weight excluding hydrogens is 324 g/mol. The zero-order chi connectivity index (χ0) is 18.5. The Morgan fingerprint density at radius 2 is 1.76 bits per heavy atom. The van der Waals surface area contributed by atoms with Crippen LogP contribution in [0.3, 0.4) is 0 Å². The number of esters is 1. The molecule has 1 aromatic rings. The van der Waals surface area contributed by atoms with Gasteiger partial charge in [-0.25, -0.2) is 9.79 Å². The number of nitrogens with two attached hydrogens (primary N) is 1. The molecule has 3 N–H and O–H groups in total. The summed E-state index contributed by atoms with van der Waals surface area (Å²) in [4.78, 5) is 14.4. The Labute approximate surface area is 144 Å². The highest BCUT2D eigenvalue weighted by molar-refractivity contribution is 5.95. The largest absolute Gasteiger partial charge is 0.465 e. The Bertz CT molecular complexity index is 847. The Morgan fingerprint density at radius 1 is 1.16 bits per heavy atom. The lowest BCUT2D eigenvalue weighted by Gasteiger charge is -2.26. The Morgan fingerprint density at radius 3 is 2.20 bits per heavy atom. The molecule has 1 aliphatic carbocycles. The lowest BCUT2D eigenvalue weighted by atomic mass is 9.93. The first-order valence-corrected chi connectivity index (χ1v) is 7.46. The van der Waals surface area contributed by atoms with E-state index in [1.165, 1.54) is 21.3 Å². The second kappa shape index (κ2) is 5.28. The number of rotatable bonds is 4. The highest BCUT2D eigenvalue weighted by Gasteiger charge is 2.96. The van der Waals surface area contributed by atoms with Crippen LogP contribution in [-0.4, -0.2) is 39.0 Å². The summed E-state index contributed by atoms with van der Waals surface area (Å²) in [7, 11) is 4.06. The van der Waals surface area contributed by atoms with Crippen LogP contribution in [0.5, 0.6) is 0 Å². The maximum Gasteiger partial charge on any atom is 0.342 e. The molecule has 0 saturated heterocycles. The van der Waals surface area contributed by atoms with Crippen molar-refractivity contribution >= 4 is 11.8 Å². The molecule has 8 nitrogen and oxygen atoms in total. The number of hydrogen-bond acceptors (Lipinski definition) is 7. The highest BCUT2D eigenvalue weighted by atomic mass is 16.7. The number of ether oxygens (including phenoxy) is 3. The van der Waals surface area contributed by atoms with Crippen LogP contribution < -0.4 is 10.7 Å². The zero-order valence-electron chi connectivity index (χ0n) is 14.0. The molecule has 8 heteroatoms. The van der Waals surface area contributed by atoms with Gasteiger partial charge in [-0.2, -0.15) is 10.5 Å². The summed E-state index contributed by atoms with van der Waals surface area (Å²) in [5.74, 6) is -2.44. The van der Waals surface area contributed by atoms with Gasteiger partial charge in [0.2, 0.25) is 0 Å². The summed E-state index contributed by atoms with van der Waals surface area (Å²) in [5, 5.41) is 19.8. The minimum Gasteiger partial charge on any atom is -0.465 e. The van der Waals surface area contributed by atoms with Crippen molar-refractivity contribution in [1.29, 1.82) is 10.5 Å². The fourth-order valence-electron chi connectivity index (χ4n) is 4.04. The second-order valence-electron chi connectivity index (χ2n) is 5.95. The van der Waals surface area contributed by atoms with Crippen LogP contribution in [0.1, 0.15) is 21.8 Å². The van der Waals surface area contributed by atoms with E-state index in [-0.39, 0.29) is 5.84 Å². The summed E-state index contributed by atoms with van der Waals surface area (Å²) in [6.07, 6.45) is 0. The lowest BCUT2D eigenvalue weighted by Crippen LogP contribution is -2.90.